The zero-order valence-corrected chi connectivity index (χ0v) is 8.11. The number of pyridine rings is 1. The first-order valence-electron chi connectivity index (χ1n) is 4.02. The van der Waals surface area contributed by atoms with Gasteiger partial charge in [-0.1, -0.05) is 12.2 Å². The summed E-state index contributed by atoms with van der Waals surface area (Å²) in [5, 5.41) is 4.12. The summed E-state index contributed by atoms with van der Waals surface area (Å²) in [4.78, 5) is 4.34. The molecule has 0 aliphatic heterocycles. The molecule has 0 unspecified atom stereocenters. The topological polar surface area (TPSA) is 56.7 Å². The predicted molar refractivity (Wildman–Crippen MR) is 57.2 cm³/mol. The molecule has 14 heavy (non-hydrogen) atoms. The summed E-state index contributed by atoms with van der Waals surface area (Å²) >= 11 is 4.83. The number of rotatable bonds is 2. The van der Waals surface area contributed by atoms with Gasteiger partial charge in [-0.25, -0.2) is 4.68 Å². The van der Waals surface area contributed by atoms with Gasteiger partial charge >= 0.3 is 0 Å². The first kappa shape index (κ1) is 8.83. The second-order valence-electron chi connectivity index (χ2n) is 2.75. The molecule has 0 saturated heterocycles. The maximum absolute atomic E-state index is 5.47. The third-order valence-corrected chi connectivity index (χ3v) is 2.01. The Bertz CT molecular complexity index is 449. The van der Waals surface area contributed by atoms with Gasteiger partial charge in [0, 0.05) is 18.0 Å². The van der Waals surface area contributed by atoms with E-state index in [9.17, 15) is 0 Å². The van der Waals surface area contributed by atoms with Crippen molar-refractivity contribution < 1.29 is 0 Å². The molecule has 0 amide bonds. The van der Waals surface area contributed by atoms with Crippen LogP contribution in [-0.4, -0.2) is 19.8 Å². The normalized spacial score (nSPS) is 10.0. The monoisotopic (exact) mass is 204 g/mol. The van der Waals surface area contributed by atoms with Gasteiger partial charge in [-0.15, -0.1) is 0 Å². The Kier molecular flexibility index (Phi) is 2.24. The Morgan fingerprint density at radius 3 is 2.86 bits per heavy atom. The third kappa shape index (κ3) is 1.62. The summed E-state index contributed by atoms with van der Waals surface area (Å²) in [6.07, 6.45) is 6.84. The summed E-state index contributed by atoms with van der Waals surface area (Å²) < 4.78 is 1.68. The van der Waals surface area contributed by atoms with Gasteiger partial charge < -0.3 is 5.73 Å². The van der Waals surface area contributed by atoms with Gasteiger partial charge in [0.05, 0.1) is 18.1 Å². The average molecular weight is 204 g/mol. The van der Waals surface area contributed by atoms with Crippen molar-refractivity contribution in [2.75, 3.05) is 0 Å². The molecule has 2 aromatic rings. The van der Waals surface area contributed by atoms with Gasteiger partial charge in [-0.3, -0.25) is 4.98 Å². The molecule has 70 valence electrons. The highest BCUT2D eigenvalue weighted by molar-refractivity contribution is 7.80. The van der Waals surface area contributed by atoms with Crippen LogP contribution >= 0.6 is 12.2 Å². The first-order chi connectivity index (χ1) is 6.77. The van der Waals surface area contributed by atoms with Gasteiger partial charge in [-0.2, -0.15) is 5.10 Å². The summed E-state index contributed by atoms with van der Waals surface area (Å²) in [5.41, 5.74) is 7.11. The van der Waals surface area contributed by atoms with Crippen molar-refractivity contribution in [3.8, 4) is 5.69 Å². The molecular formula is C9H8N4S. The number of nitrogens with zero attached hydrogens (tertiary/aromatic N) is 3. The molecule has 0 radical (unpaired) electrons. The standard InChI is InChI=1S/C9H8N4S/c10-9(14)7-4-12-13(6-7)8-2-1-3-11-5-8/h1-6H,(H2,10,14). The molecule has 0 aliphatic carbocycles. The molecule has 0 aliphatic rings. The van der Waals surface area contributed by atoms with E-state index in [1.165, 1.54) is 0 Å². The molecule has 5 heteroatoms. The van der Waals surface area contributed by atoms with Crippen LogP contribution in [0.4, 0.5) is 0 Å². The zero-order valence-electron chi connectivity index (χ0n) is 7.29. The fourth-order valence-corrected chi connectivity index (χ4v) is 1.19. The number of nitrogens with two attached hydrogens (primary N) is 1. The number of hydrogen-bond donors (Lipinski definition) is 1. The van der Waals surface area contributed by atoms with E-state index in [-0.39, 0.29) is 0 Å². The lowest BCUT2D eigenvalue weighted by Gasteiger charge is -1.97. The Morgan fingerprint density at radius 1 is 1.43 bits per heavy atom. The van der Waals surface area contributed by atoms with Gasteiger partial charge in [-0.05, 0) is 12.1 Å². The Balaban J connectivity index is 2.39. The third-order valence-electron chi connectivity index (χ3n) is 1.78. The van der Waals surface area contributed by atoms with Crippen molar-refractivity contribution in [1.29, 1.82) is 0 Å². The second-order valence-corrected chi connectivity index (χ2v) is 3.19. The lowest BCUT2D eigenvalue weighted by molar-refractivity contribution is 0.874. The highest BCUT2D eigenvalue weighted by Gasteiger charge is 2.01. The summed E-state index contributed by atoms with van der Waals surface area (Å²) in [6, 6.07) is 3.75. The Labute approximate surface area is 86.4 Å². The van der Waals surface area contributed by atoms with Crippen LogP contribution in [0.25, 0.3) is 5.69 Å². The van der Waals surface area contributed by atoms with E-state index in [0.717, 1.165) is 11.3 Å². The lowest BCUT2D eigenvalue weighted by Crippen LogP contribution is -2.07. The lowest BCUT2D eigenvalue weighted by atomic mass is 10.4. The minimum Gasteiger partial charge on any atom is -0.389 e. The zero-order chi connectivity index (χ0) is 9.97. The van der Waals surface area contributed by atoms with Crippen LogP contribution < -0.4 is 5.73 Å². The van der Waals surface area contributed by atoms with Crippen molar-refractivity contribution in [3.63, 3.8) is 0 Å². The number of hydrogen-bond acceptors (Lipinski definition) is 3. The molecule has 0 fully saturated rings. The van der Waals surface area contributed by atoms with Crippen LogP contribution in [0.2, 0.25) is 0 Å². The van der Waals surface area contributed by atoms with E-state index in [1.54, 1.807) is 29.5 Å². The van der Waals surface area contributed by atoms with Gasteiger partial charge in [0.2, 0.25) is 0 Å². The van der Waals surface area contributed by atoms with Gasteiger partial charge in [0.15, 0.2) is 0 Å². The largest absolute Gasteiger partial charge is 0.389 e. The van der Waals surface area contributed by atoms with E-state index in [1.807, 2.05) is 12.1 Å². The van der Waals surface area contributed by atoms with Crippen LogP contribution in [0.1, 0.15) is 5.56 Å². The van der Waals surface area contributed by atoms with E-state index < -0.39 is 0 Å². The molecule has 4 nitrogen and oxygen atoms in total. The Morgan fingerprint density at radius 2 is 2.29 bits per heavy atom. The van der Waals surface area contributed by atoms with E-state index in [4.69, 9.17) is 18.0 Å². The molecule has 0 bridgehead atoms. The molecule has 0 atom stereocenters. The minimum atomic E-state index is 0.347. The van der Waals surface area contributed by atoms with E-state index in [0.29, 0.717) is 4.99 Å². The molecular weight excluding hydrogens is 196 g/mol. The van der Waals surface area contributed by atoms with Crippen molar-refractivity contribution >= 4 is 17.2 Å². The van der Waals surface area contributed by atoms with Gasteiger partial charge in [0.1, 0.15) is 4.99 Å². The fraction of sp³-hybridized carbons (Fsp3) is 0. The van der Waals surface area contributed by atoms with Crippen molar-refractivity contribution in [2.24, 2.45) is 5.73 Å². The number of thiocarbonyl (C=S) groups is 1. The highest BCUT2D eigenvalue weighted by Crippen LogP contribution is 2.05. The summed E-state index contributed by atoms with van der Waals surface area (Å²) in [7, 11) is 0. The van der Waals surface area contributed by atoms with E-state index >= 15 is 0 Å². The van der Waals surface area contributed by atoms with Crippen LogP contribution in [0, 0.1) is 0 Å². The smallest absolute Gasteiger partial charge is 0.107 e. The molecule has 2 heterocycles. The van der Waals surface area contributed by atoms with Crippen molar-refractivity contribution in [2.45, 2.75) is 0 Å². The number of aromatic nitrogens is 3. The van der Waals surface area contributed by atoms with Gasteiger partial charge in [0.25, 0.3) is 0 Å². The minimum absolute atomic E-state index is 0.347. The maximum Gasteiger partial charge on any atom is 0.107 e. The van der Waals surface area contributed by atoms with Crippen molar-refractivity contribution in [3.05, 3.63) is 42.5 Å². The quantitative estimate of drug-likeness (QED) is 0.738. The molecule has 0 spiro atoms. The SMILES string of the molecule is NC(=S)c1cnn(-c2cccnc2)c1. The molecule has 2 rings (SSSR count). The van der Waals surface area contributed by atoms with Crippen LogP contribution in [0.5, 0.6) is 0 Å². The molecule has 0 saturated carbocycles. The average Bonchev–Trinajstić information content (AvgIpc) is 2.68. The fourth-order valence-electron chi connectivity index (χ4n) is 1.08. The van der Waals surface area contributed by atoms with Crippen LogP contribution in [-0.2, 0) is 0 Å². The summed E-state index contributed by atoms with van der Waals surface area (Å²) in [6.45, 7) is 0. The molecule has 2 aromatic heterocycles. The maximum atomic E-state index is 5.47. The first-order valence-corrected chi connectivity index (χ1v) is 4.43. The highest BCUT2D eigenvalue weighted by atomic mass is 32.1. The van der Waals surface area contributed by atoms with E-state index in [2.05, 4.69) is 10.1 Å². The molecule has 2 N–H and O–H groups in total. The predicted octanol–water partition coefficient (Wildman–Crippen LogP) is 0.902. The Hall–Kier alpha value is -1.75. The second kappa shape index (κ2) is 3.55. The van der Waals surface area contributed by atoms with Crippen LogP contribution in [0.15, 0.2) is 36.9 Å². The molecule has 0 aromatic carbocycles. The summed E-state index contributed by atoms with van der Waals surface area (Å²) in [5.74, 6) is 0. The van der Waals surface area contributed by atoms with Crippen molar-refractivity contribution in [1.82, 2.24) is 14.8 Å². The van der Waals surface area contributed by atoms with Crippen LogP contribution in [0.3, 0.4) is 0 Å².